The van der Waals surface area contributed by atoms with E-state index in [2.05, 4.69) is 10.3 Å². The fraction of sp³-hybridized carbons (Fsp3) is 0.500. The Labute approximate surface area is 100 Å². The normalized spacial score (nSPS) is 13.2. The lowest BCUT2D eigenvalue weighted by Crippen LogP contribution is -2.19. The Kier molecular flexibility index (Phi) is 3.80. The summed E-state index contributed by atoms with van der Waals surface area (Å²) in [6, 6.07) is 3.76. The first-order valence-electron chi connectivity index (χ1n) is 5.82. The van der Waals surface area contributed by atoms with Crippen LogP contribution in [0.3, 0.4) is 0 Å². The number of ether oxygens (including phenoxy) is 2. The van der Waals surface area contributed by atoms with Crippen LogP contribution in [0.4, 0.5) is 5.82 Å². The molecule has 0 saturated carbocycles. The van der Waals surface area contributed by atoms with Gasteiger partial charge in [-0.2, -0.15) is 0 Å². The largest absolute Gasteiger partial charge is 0.488 e. The quantitative estimate of drug-likeness (QED) is 0.800. The third kappa shape index (κ3) is 3.09. The van der Waals surface area contributed by atoms with E-state index in [0.717, 1.165) is 23.8 Å². The maximum Gasteiger partial charge on any atom is 0.306 e. The van der Waals surface area contributed by atoms with Crippen LogP contribution in [0.25, 0.3) is 0 Å². The van der Waals surface area contributed by atoms with Crippen LogP contribution in [-0.2, 0) is 16.0 Å². The number of carbonyl (C=O) groups is 1. The van der Waals surface area contributed by atoms with Gasteiger partial charge in [0.1, 0.15) is 6.61 Å². The molecule has 0 unspecified atom stereocenters. The molecule has 5 nitrogen and oxygen atoms in total. The predicted molar refractivity (Wildman–Crippen MR) is 63.2 cm³/mol. The Balaban J connectivity index is 1.95. The Morgan fingerprint density at radius 1 is 1.59 bits per heavy atom. The van der Waals surface area contributed by atoms with Gasteiger partial charge in [0.15, 0.2) is 11.6 Å². The topological polar surface area (TPSA) is 60.5 Å². The molecule has 0 atom stereocenters. The molecule has 0 saturated heterocycles. The van der Waals surface area contributed by atoms with E-state index >= 15 is 0 Å². The Morgan fingerprint density at radius 2 is 2.47 bits per heavy atom. The van der Waals surface area contributed by atoms with Crippen molar-refractivity contribution in [3.05, 3.63) is 17.8 Å². The number of pyridine rings is 1. The molecule has 0 bridgehead atoms. The van der Waals surface area contributed by atoms with E-state index in [1.54, 1.807) is 6.92 Å². The number of hydrogen-bond donors (Lipinski definition) is 1. The summed E-state index contributed by atoms with van der Waals surface area (Å²) in [6.45, 7) is 3.65. The van der Waals surface area contributed by atoms with Gasteiger partial charge < -0.3 is 14.8 Å². The van der Waals surface area contributed by atoms with E-state index < -0.39 is 0 Å². The molecule has 1 aliphatic heterocycles. The van der Waals surface area contributed by atoms with Gasteiger partial charge in [0.25, 0.3) is 0 Å². The van der Waals surface area contributed by atoms with Crippen molar-refractivity contribution < 1.29 is 14.3 Å². The number of fused-ring (bicyclic) bond motifs is 1. The van der Waals surface area contributed by atoms with Crippen molar-refractivity contribution >= 4 is 11.8 Å². The average Bonchev–Trinajstić information content (AvgIpc) is 2.36. The van der Waals surface area contributed by atoms with Gasteiger partial charge in [-0.3, -0.25) is 4.79 Å². The molecule has 2 rings (SSSR count). The summed E-state index contributed by atoms with van der Waals surface area (Å²) >= 11 is 0. The van der Waals surface area contributed by atoms with Crippen LogP contribution in [0.2, 0.25) is 0 Å². The number of carbonyl (C=O) groups excluding carboxylic acids is 1. The van der Waals surface area contributed by atoms with Crippen molar-refractivity contribution in [1.29, 1.82) is 0 Å². The van der Waals surface area contributed by atoms with Gasteiger partial charge in [0.2, 0.25) is 0 Å². The highest BCUT2D eigenvalue weighted by Gasteiger charge is 2.12. The summed E-state index contributed by atoms with van der Waals surface area (Å²) in [7, 11) is 0. The highest BCUT2D eigenvalue weighted by atomic mass is 16.5. The van der Waals surface area contributed by atoms with Gasteiger partial charge in [-0.05, 0) is 19.1 Å². The smallest absolute Gasteiger partial charge is 0.306 e. The highest BCUT2D eigenvalue weighted by molar-refractivity contribution is 5.69. The number of anilines is 1. The molecule has 0 amide bonds. The van der Waals surface area contributed by atoms with Crippen molar-refractivity contribution in [2.24, 2.45) is 0 Å². The summed E-state index contributed by atoms with van der Waals surface area (Å²) in [5.74, 6) is 1.35. The number of nitrogens with one attached hydrogen (secondary N) is 1. The summed E-state index contributed by atoms with van der Waals surface area (Å²) < 4.78 is 10.3. The number of aryl methyl sites for hydroxylation is 1. The van der Waals surface area contributed by atoms with E-state index in [1.165, 1.54) is 0 Å². The Bertz CT molecular complexity index is 407. The van der Waals surface area contributed by atoms with Crippen molar-refractivity contribution in [2.75, 3.05) is 25.1 Å². The van der Waals surface area contributed by atoms with E-state index in [0.29, 0.717) is 26.1 Å². The Hall–Kier alpha value is -1.78. The summed E-state index contributed by atoms with van der Waals surface area (Å²) in [5, 5.41) is 3.16. The molecular weight excluding hydrogens is 220 g/mol. The Morgan fingerprint density at radius 3 is 3.29 bits per heavy atom. The lowest BCUT2D eigenvalue weighted by Gasteiger charge is -2.18. The summed E-state index contributed by atoms with van der Waals surface area (Å²) in [5.41, 5.74) is 0.870. The van der Waals surface area contributed by atoms with Crippen molar-refractivity contribution in [3.63, 3.8) is 0 Å². The van der Waals surface area contributed by atoms with E-state index in [-0.39, 0.29) is 5.97 Å². The predicted octanol–water partition coefficient (Wildman–Crippen LogP) is 1.38. The molecule has 17 heavy (non-hydrogen) atoms. The zero-order valence-corrected chi connectivity index (χ0v) is 9.86. The molecule has 0 spiro atoms. The molecule has 0 fully saturated rings. The number of nitrogens with zero attached hydrogens (tertiary/aromatic N) is 1. The van der Waals surface area contributed by atoms with Crippen LogP contribution < -0.4 is 10.1 Å². The average molecular weight is 236 g/mol. The molecule has 0 aromatic carbocycles. The van der Waals surface area contributed by atoms with Gasteiger partial charge in [-0.25, -0.2) is 4.98 Å². The van der Waals surface area contributed by atoms with Crippen LogP contribution in [0.1, 0.15) is 19.0 Å². The highest BCUT2D eigenvalue weighted by Crippen LogP contribution is 2.25. The van der Waals surface area contributed by atoms with Crippen molar-refractivity contribution in [3.8, 4) is 5.75 Å². The lowest BCUT2D eigenvalue weighted by atomic mass is 10.2. The van der Waals surface area contributed by atoms with Crippen molar-refractivity contribution in [1.82, 2.24) is 4.98 Å². The maximum absolute atomic E-state index is 11.2. The fourth-order valence-electron chi connectivity index (χ4n) is 1.66. The standard InChI is InChI=1S/C12H16N2O3/c1-2-16-11(15)6-4-9-3-5-10-12(14-9)13-7-8-17-10/h3,5H,2,4,6-8H2,1H3,(H,13,14). The van der Waals surface area contributed by atoms with E-state index in [4.69, 9.17) is 9.47 Å². The van der Waals surface area contributed by atoms with Gasteiger partial charge >= 0.3 is 5.97 Å². The van der Waals surface area contributed by atoms with Gasteiger partial charge in [-0.1, -0.05) is 0 Å². The monoisotopic (exact) mass is 236 g/mol. The molecule has 1 aromatic heterocycles. The minimum Gasteiger partial charge on any atom is -0.488 e. The number of esters is 1. The second kappa shape index (κ2) is 5.52. The molecule has 1 aliphatic rings. The van der Waals surface area contributed by atoms with Gasteiger partial charge in [0.05, 0.1) is 19.6 Å². The minimum atomic E-state index is -0.184. The van der Waals surface area contributed by atoms with Crippen LogP contribution >= 0.6 is 0 Å². The minimum absolute atomic E-state index is 0.184. The number of hydrogen-bond acceptors (Lipinski definition) is 5. The SMILES string of the molecule is CCOC(=O)CCc1ccc2c(n1)NCCO2. The lowest BCUT2D eigenvalue weighted by molar-refractivity contribution is -0.143. The molecule has 92 valence electrons. The summed E-state index contributed by atoms with van der Waals surface area (Å²) in [6.07, 6.45) is 0.953. The summed E-state index contributed by atoms with van der Waals surface area (Å²) in [4.78, 5) is 15.6. The fourth-order valence-corrected chi connectivity index (χ4v) is 1.66. The molecule has 1 aromatic rings. The molecule has 0 aliphatic carbocycles. The number of rotatable bonds is 4. The van der Waals surface area contributed by atoms with Crippen LogP contribution in [0, 0.1) is 0 Å². The zero-order valence-electron chi connectivity index (χ0n) is 9.86. The zero-order chi connectivity index (χ0) is 12.1. The van der Waals surface area contributed by atoms with Crippen LogP contribution in [0.15, 0.2) is 12.1 Å². The maximum atomic E-state index is 11.2. The van der Waals surface area contributed by atoms with Gasteiger partial charge in [-0.15, -0.1) is 0 Å². The molecule has 5 heteroatoms. The number of aromatic nitrogens is 1. The van der Waals surface area contributed by atoms with E-state index in [9.17, 15) is 4.79 Å². The molecular formula is C12H16N2O3. The molecule has 1 N–H and O–H groups in total. The molecule has 2 heterocycles. The van der Waals surface area contributed by atoms with Crippen LogP contribution in [0.5, 0.6) is 5.75 Å². The first-order chi connectivity index (χ1) is 8.29. The first kappa shape index (κ1) is 11.7. The second-order valence-corrected chi connectivity index (χ2v) is 3.73. The van der Waals surface area contributed by atoms with Crippen molar-refractivity contribution in [2.45, 2.75) is 19.8 Å². The van der Waals surface area contributed by atoms with Crippen LogP contribution in [-0.4, -0.2) is 30.7 Å². The third-order valence-corrected chi connectivity index (χ3v) is 2.46. The first-order valence-corrected chi connectivity index (χ1v) is 5.82. The van der Waals surface area contributed by atoms with Gasteiger partial charge in [0, 0.05) is 12.1 Å². The second-order valence-electron chi connectivity index (χ2n) is 3.73. The molecule has 0 radical (unpaired) electrons. The third-order valence-electron chi connectivity index (χ3n) is 2.46. The van der Waals surface area contributed by atoms with E-state index in [1.807, 2.05) is 12.1 Å².